The van der Waals surface area contributed by atoms with Crippen LogP contribution in [-0.2, 0) is 4.74 Å². The van der Waals surface area contributed by atoms with Crippen molar-refractivity contribution in [3.8, 4) is 0 Å². The van der Waals surface area contributed by atoms with Crippen LogP contribution in [0.15, 0.2) is 15.5 Å². The molecule has 1 fully saturated rings. The highest BCUT2D eigenvalue weighted by Gasteiger charge is 2.32. The van der Waals surface area contributed by atoms with Crippen molar-refractivity contribution in [3.63, 3.8) is 0 Å². The minimum atomic E-state index is -0.258. The summed E-state index contributed by atoms with van der Waals surface area (Å²) >= 11 is 3.22. The summed E-state index contributed by atoms with van der Waals surface area (Å²) < 4.78 is 5.88. The molecule has 0 radical (unpaired) electrons. The number of ether oxygens (including phenoxy) is 1. The average molecular weight is 343 g/mol. The van der Waals surface area contributed by atoms with Gasteiger partial charge >= 0.3 is 0 Å². The number of nitrogens with zero attached hydrogens (tertiary/aromatic N) is 1. The lowest BCUT2D eigenvalue weighted by Gasteiger charge is -2.38. The maximum Gasteiger partial charge on any atom is 0.259 e. The molecular formula is C14H19BrN2O3. The average Bonchev–Trinajstić information content (AvgIpc) is 2.45. The van der Waals surface area contributed by atoms with Gasteiger partial charge in [-0.3, -0.25) is 9.59 Å². The van der Waals surface area contributed by atoms with E-state index in [9.17, 15) is 9.59 Å². The molecule has 1 amide bonds. The van der Waals surface area contributed by atoms with Crippen LogP contribution in [0, 0.1) is 6.92 Å². The van der Waals surface area contributed by atoms with E-state index < -0.39 is 0 Å². The number of aryl methyl sites for hydroxylation is 1. The molecule has 0 unspecified atom stereocenters. The Morgan fingerprint density at radius 3 is 2.60 bits per heavy atom. The molecule has 0 bridgehead atoms. The molecule has 6 heteroatoms. The van der Waals surface area contributed by atoms with Gasteiger partial charge in [0.05, 0.1) is 10.1 Å². The molecular weight excluding hydrogens is 324 g/mol. The SMILES string of the molecule is COC1(C)CCN(C(=O)c2c[nH]c(C)c(Br)c2=O)CC1. The van der Waals surface area contributed by atoms with Crippen LogP contribution >= 0.6 is 15.9 Å². The Morgan fingerprint density at radius 1 is 1.45 bits per heavy atom. The standard InChI is InChI=1S/C14H19BrN2O3/c1-9-11(15)12(18)10(8-16-9)13(19)17-6-4-14(2,20-3)5-7-17/h8H,4-7H2,1-3H3,(H,16,18). The van der Waals surface area contributed by atoms with E-state index in [2.05, 4.69) is 20.9 Å². The van der Waals surface area contributed by atoms with E-state index in [-0.39, 0.29) is 22.5 Å². The van der Waals surface area contributed by atoms with Crippen LogP contribution in [0.1, 0.15) is 35.8 Å². The predicted octanol–water partition coefficient (Wildman–Crippen LogP) is 2.09. The number of methoxy groups -OCH3 is 1. The van der Waals surface area contributed by atoms with Crippen molar-refractivity contribution in [2.75, 3.05) is 20.2 Å². The molecule has 2 rings (SSSR count). The number of nitrogens with one attached hydrogen (secondary N) is 1. The highest BCUT2D eigenvalue weighted by Crippen LogP contribution is 2.25. The molecule has 1 N–H and O–H groups in total. The van der Waals surface area contributed by atoms with Gasteiger partial charge in [0.15, 0.2) is 0 Å². The van der Waals surface area contributed by atoms with Crippen LogP contribution < -0.4 is 5.43 Å². The summed E-state index contributed by atoms with van der Waals surface area (Å²) in [5.74, 6) is -0.217. The summed E-state index contributed by atoms with van der Waals surface area (Å²) in [6.45, 7) is 5.04. The van der Waals surface area contributed by atoms with E-state index in [1.165, 1.54) is 6.20 Å². The molecule has 0 saturated carbocycles. The second kappa shape index (κ2) is 5.69. The van der Waals surface area contributed by atoms with Crippen molar-refractivity contribution in [1.29, 1.82) is 0 Å². The first-order valence-electron chi connectivity index (χ1n) is 6.60. The van der Waals surface area contributed by atoms with Crippen LogP contribution in [0.3, 0.4) is 0 Å². The molecule has 1 aromatic rings. The monoisotopic (exact) mass is 342 g/mol. The number of rotatable bonds is 2. The summed E-state index contributed by atoms with van der Waals surface area (Å²) in [6, 6.07) is 0. The third kappa shape index (κ3) is 2.81. The fraction of sp³-hybridized carbons (Fsp3) is 0.571. The largest absolute Gasteiger partial charge is 0.378 e. The van der Waals surface area contributed by atoms with Crippen LogP contribution in [0.5, 0.6) is 0 Å². The molecule has 1 aromatic heterocycles. The van der Waals surface area contributed by atoms with E-state index in [1.54, 1.807) is 18.9 Å². The van der Waals surface area contributed by atoms with E-state index >= 15 is 0 Å². The second-order valence-corrected chi connectivity index (χ2v) is 6.21. The quantitative estimate of drug-likeness (QED) is 0.894. The number of hydrogen-bond acceptors (Lipinski definition) is 3. The Balaban J connectivity index is 2.18. The fourth-order valence-electron chi connectivity index (χ4n) is 2.31. The van der Waals surface area contributed by atoms with E-state index in [4.69, 9.17) is 4.74 Å². The smallest absolute Gasteiger partial charge is 0.259 e. The van der Waals surface area contributed by atoms with Gasteiger partial charge in [-0.15, -0.1) is 0 Å². The first-order chi connectivity index (χ1) is 9.38. The number of aromatic nitrogens is 1. The van der Waals surface area contributed by atoms with Gasteiger partial charge in [-0.2, -0.15) is 0 Å². The first kappa shape index (κ1) is 15.3. The number of carbonyl (C=O) groups is 1. The molecule has 1 saturated heterocycles. The van der Waals surface area contributed by atoms with Gasteiger partial charge in [0.1, 0.15) is 5.56 Å². The van der Waals surface area contributed by atoms with Gasteiger partial charge < -0.3 is 14.6 Å². The van der Waals surface area contributed by atoms with E-state index in [1.807, 2.05) is 6.92 Å². The highest BCUT2D eigenvalue weighted by molar-refractivity contribution is 9.10. The molecule has 20 heavy (non-hydrogen) atoms. The second-order valence-electron chi connectivity index (χ2n) is 5.42. The van der Waals surface area contributed by atoms with Crippen molar-refractivity contribution in [2.45, 2.75) is 32.3 Å². The third-order valence-electron chi connectivity index (χ3n) is 4.04. The summed E-state index contributed by atoms with van der Waals surface area (Å²) in [5, 5.41) is 0. The van der Waals surface area contributed by atoms with Gasteiger partial charge in [0.25, 0.3) is 5.91 Å². The van der Waals surface area contributed by atoms with Crippen molar-refractivity contribution in [1.82, 2.24) is 9.88 Å². The third-order valence-corrected chi connectivity index (χ3v) is 4.99. The topological polar surface area (TPSA) is 62.4 Å². The fourth-order valence-corrected chi connectivity index (χ4v) is 2.64. The molecule has 110 valence electrons. The minimum Gasteiger partial charge on any atom is -0.378 e. The molecule has 0 aliphatic carbocycles. The maximum atomic E-state index is 12.4. The number of amides is 1. The van der Waals surface area contributed by atoms with E-state index in [0.29, 0.717) is 17.6 Å². The Morgan fingerprint density at radius 2 is 2.05 bits per heavy atom. The zero-order valence-corrected chi connectivity index (χ0v) is 13.5. The minimum absolute atomic E-state index is 0.170. The Labute approximate surface area is 126 Å². The number of piperidine rings is 1. The Kier molecular flexibility index (Phi) is 4.34. The zero-order valence-electron chi connectivity index (χ0n) is 12.0. The predicted molar refractivity (Wildman–Crippen MR) is 80.1 cm³/mol. The summed E-state index contributed by atoms with van der Waals surface area (Å²) in [5.41, 5.74) is 0.476. The van der Waals surface area contributed by atoms with Gasteiger partial charge in [-0.25, -0.2) is 0 Å². The highest BCUT2D eigenvalue weighted by atomic mass is 79.9. The number of H-pyrrole nitrogens is 1. The molecule has 5 nitrogen and oxygen atoms in total. The summed E-state index contributed by atoms with van der Waals surface area (Å²) in [7, 11) is 1.69. The van der Waals surface area contributed by atoms with E-state index in [0.717, 1.165) is 18.5 Å². The van der Waals surface area contributed by atoms with Gasteiger partial charge in [-0.1, -0.05) is 0 Å². The number of halogens is 1. The lowest BCUT2D eigenvalue weighted by atomic mass is 9.93. The molecule has 0 aromatic carbocycles. The number of hydrogen-bond donors (Lipinski definition) is 1. The Hall–Kier alpha value is -1.14. The van der Waals surface area contributed by atoms with Crippen LogP contribution in [0.25, 0.3) is 0 Å². The maximum absolute atomic E-state index is 12.4. The molecule has 1 aliphatic rings. The Bertz CT molecular complexity index is 574. The lowest BCUT2D eigenvalue weighted by Crippen LogP contribution is -2.47. The van der Waals surface area contributed by atoms with Crippen molar-refractivity contribution >= 4 is 21.8 Å². The first-order valence-corrected chi connectivity index (χ1v) is 7.39. The van der Waals surface area contributed by atoms with Gasteiger partial charge in [0.2, 0.25) is 5.43 Å². The van der Waals surface area contributed by atoms with Crippen molar-refractivity contribution in [2.24, 2.45) is 0 Å². The molecule has 0 atom stereocenters. The van der Waals surface area contributed by atoms with Crippen LogP contribution in [0.4, 0.5) is 0 Å². The van der Waals surface area contributed by atoms with Crippen LogP contribution in [-0.4, -0.2) is 41.6 Å². The normalized spacial score (nSPS) is 18.1. The summed E-state index contributed by atoms with van der Waals surface area (Å²) in [4.78, 5) is 29.2. The van der Waals surface area contributed by atoms with Crippen molar-refractivity contribution in [3.05, 3.63) is 32.2 Å². The molecule has 2 heterocycles. The molecule has 0 spiro atoms. The van der Waals surface area contributed by atoms with Gasteiger partial charge in [-0.05, 0) is 42.6 Å². The number of pyridine rings is 1. The number of likely N-dealkylation sites (tertiary alicyclic amines) is 1. The lowest BCUT2D eigenvalue weighted by molar-refractivity contribution is -0.0380. The van der Waals surface area contributed by atoms with Crippen molar-refractivity contribution < 1.29 is 9.53 Å². The number of aromatic amines is 1. The zero-order chi connectivity index (χ0) is 14.9. The van der Waals surface area contributed by atoms with Crippen LogP contribution in [0.2, 0.25) is 0 Å². The molecule has 1 aliphatic heterocycles. The number of carbonyl (C=O) groups excluding carboxylic acids is 1. The van der Waals surface area contributed by atoms with Gasteiger partial charge in [0, 0.05) is 32.1 Å². The summed E-state index contributed by atoms with van der Waals surface area (Å²) in [6.07, 6.45) is 3.05.